The molecule has 0 heterocycles. The molecule has 0 fully saturated rings. The van der Waals surface area contributed by atoms with Gasteiger partial charge in [-0.2, -0.15) is 0 Å². The average Bonchev–Trinajstić information content (AvgIpc) is 2.25. The number of hydrogen-bond donors (Lipinski definition) is 0. The Labute approximate surface area is 117 Å². The highest BCUT2D eigenvalue weighted by molar-refractivity contribution is 9.10. The molecule has 0 radical (unpaired) electrons. The summed E-state index contributed by atoms with van der Waals surface area (Å²) in [6.07, 6.45) is -0.314. The minimum absolute atomic E-state index is 0.0459. The largest absolute Gasteiger partial charge is 0.444 e. The van der Waals surface area contributed by atoms with Crippen molar-refractivity contribution in [1.82, 2.24) is 4.90 Å². The van der Waals surface area contributed by atoms with Crippen molar-refractivity contribution >= 4 is 22.0 Å². The molecule has 0 spiro atoms. The molecule has 1 unspecified atom stereocenters. The molecular weight excluding hydrogens is 294 g/mol. The third-order valence-electron chi connectivity index (χ3n) is 2.62. The summed E-state index contributed by atoms with van der Waals surface area (Å²) in [7, 11) is 1.75. The first-order valence-electron chi connectivity index (χ1n) is 5.92. The second-order valence-corrected chi connectivity index (χ2v) is 6.14. The van der Waals surface area contributed by atoms with Crippen molar-refractivity contribution in [2.24, 2.45) is 0 Å². The molecule has 0 aromatic heterocycles. The van der Waals surface area contributed by atoms with E-state index in [9.17, 15) is 4.79 Å². The number of amides is 1. The van der Waals surface area contributed by atoms with Crippen LogP contribution in [0.15, 0.2) is 28.7 Å². The van der Waals surface area contributed by atoms with Gasteiger partial charge >= 0.3 is 6.09 Å². The van der Waals surface area contributed by atoms with Crippen LogP contribution in [0.2, 0.25) is 0 Å². The Bertz CT molecular complexity index is 426. The van der Waals surface area contributed by atoms with E-state index in [-0.39, 0.29) is 12.1 Å². The second kappa shape index (κ2) is 5.74. The zero-order chi connectivity index (χ0) is 13.9. The van der Waals surface area contributed by atoms with Crippen LogP contribution in [0.3, 0.4) is 0 Å². The van der Waals surface area contributed by atoms with E-state index in [2.05, 4.69) is 15.9 Å². The predicted molar refractivity (Wildman–Crippen MR) is 76.6 cm³/mol. The number of halogens is 1. The summed E-state index contributed by atoms with van der Waals surface area (Å²) in [5, 5.41) is 0. The number of rotatable bonds is 2. The number of ether oxygens (including phenoxy) is 1. The molecular formula is C14H20BrNO2. The fourth-order valence-corrected chi connectivity index (χ4v) is 2.13. The van der Waals surface area contributed by atoms with Gasteiger partial charge in [-0.25, -0.2) is 4.79 Å². The van der Waals surface area contributed by atoms with Gasteiger partial charge in [0.25, 0.3) is 0 Å². The van der Waals surface area contributed by atoms with Crippen LogP contribution in [0.4, 0.5) is 4.79 Å². The summed E-state index contributed by atoms with van der Waals surface area (Å²) >= 11 is 3.50. The molecule has 0 aliphatic rings. The van der Waals surface area contributed by atoms with Crippen LogP contribution in [-0.2, 0) is 4.74 Å². The van der Waals surface area contributed by atoms with Gasteiger partial charge in [-0.1, -0.05) is 34.1 Å². The molecule has 3 nitrogen and oxygen atoms in total. The van der Waals surface area contributed by atoms with Crippen molar-refractivity contribution in [2.45, 2.75) is 39.3 Å². The Kier molecular flexibility index (Phi) is 4.79. The van der Waals surface area contributed by atoms with Gasteiger partial charge in [-0.05, 0) is 39.3 Å². The van der Waals surface area contributed by atoms with Crippen LogP contribution in [-0.4, -0.2) is 23.6 Å². The maximum absolute atomic E-state index is 12.0. The standard InChI is InChI=1S/C14H20BrNO2/c1-10(11-8-6-7-9-12(11)15)16(5)13(17)18-14(2,3)4/h6-10H,1-5H3. The molecule has 0 bridgehead atoms. The Morgan fingerprint density at radius 2 is 1.89 bits per heavy atom. The van der Waals surface area contributed by atoms with E-state index in [4.69, 9.17) is 4.74 Å². The van der Waals surface area contributed by atoms with Crippen molar-refractivity contribution in [1.29, 1.82) is 0 Å². The molecule has 0 saturated heterocycles. The number of nitrogens with zero attached hydrogens (tertiary/aromatic N) is 1. The molecule has 0 saturated carbocycles. The van der Waals surface area contributed by atoms with Gasteiger partial charge in [-0.15, -0.1) is 0 Å². The first kappa shape index (κ1) is 15.0. The fraction of sp³-hybridized carbons (Fsp3) is 0.500. The van der Waals surface area contributed by atoms with Crippen LogP contribution < -0.4 is 0 Å². The molecule has 1 aromatic rings. The summed E-state index contributed by atoms with van der Waals surface area (Å²) in [4.78, 5) is 13.6. The molecule has 0 N–H and O–H groups in total. The van der Waals surface area contributed by atoms with Gasteiger partial charge in [0.2, 0.25) is 0 Å². The Morgan fingerprint density at radius 3 is 2.39 bits per heavy atom. The highest BCUT2D eigenvalue weighted by Gasteiger charge is 2.24. The zero-order valence-corrected chi connectivity index (χ0v) is 13.1. The third kappa shape index (κ3) is 4.02. The minimum atomic E-state index is -0.473. The summed E-state index contributed by atoms with van der Waals surface area (Å²) in [6, 6.07) is 7.83. The summed E-state index contributed by atoms with van der Waals surface area (Å²) in [5.41, 5.74) is 0.588. The minimum Gasteiger partial charge on any atom is -0.444 e. The lowest BCUT2D eigenvalue weighted by molar-refractivity contribution is 0.0233. The quantitative estimate of drug-likeness (QED) is 0.811. The van der Waals surface area contributed by atoms with Crippen LogP contribution in [0, 0.1) is 0 Å². The molecule has 1 amide bonds. The number of carbonyl (C=O) groups excluding carboxylic acids is 1. The van der Waals surface area contributed by atoms with Crippen LogP contribution in [0.1, 0.15) is 39.3 Å². The van der Waals surface area contributed by atoms with E-state index in [0.29, 0.717) is 0 Å². The van der Waals surface area contributed by atoms with E-state index < -0.39 is 5.60 Å². The monoisotopic (exact) mass is 313 g/mol. The van der Waals surface area contributed by atoms with E-state index in [1.165, 1.54) is 0 Å². The predicted octanol–water partition coefficient (Wildman–Crippen LogP) is 4.38. The zero-order valence-electron chi connectivity index (χ0n) is 11.5. The van der Waals surface area contributed by atoms with E-state index in [0.717, 1.165) is 10.0 Å². The SMILES string of the molecule is CC(c1ccccc1Br)N(C)C(=O)OC(C)(C)C. The first-order chi connectivity index (χ1) is 8.22. The van der Waals surface area contributed by atoms with Crippen LogP contribution >= 0.6 is 15.9 Å². The van der Waals surface area contributed by atoms with Gasteiger partial charge in [0.05, 0.1) is 6.04 Å². The summed E-state index contributed by atoms with van der Waals surface area (Å²) in [5.74, 6) is 0. The molecule has 100 valence electrons. The summed E-state index contributed by atoms with van der Waals surface area (Å²) < 4.78 is 6.35. The average molecular weight is 314 g/mol. The molecule has 1 rings (SSSR count). The Morgan fingerprint density at radius 1 is 1.33 bits per heavy atom. The molecule has 0 aliphatic carbocycles. The fourth-order valence-electron chi connectivity index (χ4n) is 1.51. The van der Waals surface area contributed by atoms with Crippen molar-refractivity contribution < 1.29 is 9.53 Å². The third-order valence-corrected chi connectivity index (χ3v) is 3.34. The highest BCUT2D eigenvalue weighted by Crippen LogP contribution is 2.27. The molecule has 1 atom stereocenters. The highest BCUT2D eigenvalue weighted by atomic mass is 79.9. The lowest BCUT2D eigenvalue weighted by atomic mass is 10.1. The lowest BCUT2D eigenvalue weighted by Gasteiger charge is -2.29. The number of carbonyl (C=O) groups is 1. The molecule has 4 heteroatoms. The van der Waals surface area contributed by atoms with Crippen molar-refractivity contribution in [3.8, 4) is 0 Å². The van der Waals surface area contributed by atoms with Gasteiger partial charge in [-0.3, -0.25) is 0 Å². The number of benzene rings is 1. The van der Waals surface area contributed by atoms with Crippen molar-refractivity contribution in [3.63, 3.8) is 0 Å². The smallest absolute Gasteiger partial charge is 0.410 e. The molecule has 18 heavy (non-hydrogen) atoms. The lowest BCUT2D eigenvalue weighted by Crippen LogP contribution is -2.35. The topological polar surface area (TPSA) is 29.5 Å². The van der Waals surface area contributed by atoms with E-state index in [1.54, 1.807) is 11.9 Å². The maximum atomic E-state index is 12.0. The van der Waals surface area contributed by atoms with Crippen molar-refractivity contribution in [2.75, 3.05) is 7.05 Å². The van der Waals surface area contributed by atoms with Crippen LogP contribution in [0.5, 0.6) is 0 Å². The normalized spacial score (nSPS) is 13.0. The van der Waals surface area contributed by atoms with E-state index in [1.807, 2.05) is 52.0 Å². The van der Waals surface area contributed by atoms with Gasteiger partial charge < -0.3 is 9.64 Å². The maximum Gasteiger partial charge on any atom is 0.410 e. The Hall–Kier alpha value is -1.03. The van der Waals surface area contributed by atoms with Crippen molar-refractivity contribution in [3.05, 3.63) is 34.3 Å². The van der Waals surface area contributed by atoms with Crippen LogP contribution in [0.25, 0.3) is 0 Å². The van der Waals surface area contributed by atoms with Gasteiger partial charge in [0, 0.05) is 11.5 Å². The second-order valence-electron chi connectivity index (χ2n) is 5.29. The molecule has 0 aliphatic heterocycles. The molecule has 1 aromatic carbocycles. The van der Waals surface area contributed by atoms with E-state index >= 15 is 0 Å². The van der Waals surface area contributed by atoms with Gasteiger partial charge in [0.15, 0.2) is 0 Å². The Balaban J connectivity index is 2.82. The van der Waals surface area contributed by atoms with Gasteiger partial charge in [0.1, 0.15) is 5.60 Å². The summed E-state index contributed by atoms with van der Waals surface area (Å²) in [6.45, 7) is 7.57. The number of hydrogen-bond acceptors (Lipinski definition) is 2. The first-order valence-corrected chi connectivity index (χ1v) is 6.72.